The summed E-state index contributed by atoms with van der Waals surface area (Å²) in [6, 6.07) is 8.92. The molecule has 3 unspecified atom stereocenters. The summed E-state index contributed by atoms with van der Waals surface area (Å²) >= 11 is 6.51. The molecule has 1 saturated heterocycles. The van der Waals surface area contributed by atoms with Crippen molar-refractivity contribution in [1.82, 2.24) is 49.1 Å². The quantitative estimate of drug-likeness (QED) is 0.109. The molecule has 21 heteroatoms. The first-order chi connectivity index (χ1) is 29.8. The number of amides is 3. The molecule has 62 heavy (non-hydrogen) atoms. The summed E-state index contributed by atoms with van der Waals surface area (Å²) in [5.41, 5.74) is 0.638. The van der Waals surface area contributed by atoms with Gasteiger partial charge >= 0.3 is 11.4 Å². The van der Waals surface area contributed by atoms with E-state index >= 15 is 0 Å². The number of aromatic nitrogens is 8. The summed E-state index contributed by atoms with van der Waals surface area (Å²) in [6.45, 7) is -0.710. The van der Waals surface area contributed by atoms with E-state index in [0.29, 0.717) is 35.0 Å². The normalized spacial score (nSPS) is 19.6. The first kappa shape index (κ1) is 40.6. The van der Waals surface area contributed by atoms with Gasteiger partial charge in [-0.1, -0.05) is 22.9 Å². The number of nitrogens with zero attached hydrogens (tertiary/aromatic N) is 9. The second kappa shape index (κ2) is 16.2. The van der Waals surface area contributed by atoms with Crippen LogP contribution in [0, 0.1) is 17.5 Å². The van der Waals surface area contributed by atoms with Gasteiger partial charge < -0.3 is 10.2 Å². The van der Waals surface area contributed by atoms with Gasteiger partial charge in [-0.2, -0.15) is 5.10 Å². The van der Waals surface area contributed by atoms with Crippen LogP contribution in [0.3, 0.4) is 0 Å². The summed E-state index contributed by atoms with van der Waals surface area (Å²) in [6.07, 6.45) is 7.70. The van der Waals surface area contributed by atoms with Crippen molar-refractivity contribution in [1.29, 1.82) is 0 Å². The van der Waals surface area contributed by atoms with Crippen molar-refractivity contribution in [2.75, 3.05) is 5.32 Å². The topological polar surface area (TPSA) is 199 Å². The second-order valence-electron chi connectivity index (χ2n) is 15.8. The van der Waals surface area contributed by atoms with E-state index in [1.807, 2.05) is 12.1 Å². The summed E-state index contributed by atoms with van der Waals surface area (Å²) < 4.78 is 48.2. The Kier molecular flexibility index (Phi) is 10.6. The van der Waals surface area contributed by atoms with Crippen LogP contribution in [0.15, 0.2) is 69.4 Å². The van der Waals surface area contributed by atoms with Gasteiger partial charge in [0, 0.05) is 66.1 Å². The fourth-order valence-electron chi connectivity index (χ4n) is 8.49. The predicted octanol–water partition coefficient (Wildman–Crippen LogP) is 3.96. The van der Waals surface area contributed by atoms with Crippen molar-refractivity contribution < 1.29 is 27.6 Å². The van der Waals surface area contributed by atoms with Crippen LogP contribution in [-0.4, -0.2) is 73.6 Å². The lowest BCUT2D eigenvalue weighted by molar-refractivity contribution is -0.136. The van der Waals surface area contributed by atoms with Gasteiger partial charge in [-0.25, -0.2) is 37.0 Å². The molecule has 2 fully saturated rings. The number of halogens is 4. The molecule has 0 spiro atoms. The summed E-state index contributed by atoms with van der Waals surface area (Å²) in [4.78, 5) is 73.9. The van der Waals surface area contributed by atoms with E-state index < -0.39 is 47.3 Å². The molecular weight excluding hydrogens is 833 g/mol. The van der Waals surface area contributed by atoms with E-state index in [1.54, 1.807) is 47.0 Å². The molecule has 1 saturated carbocycles. The fourth-order valence-corrected chi connectivity index (χ4v) is 8.69. The molecule has 3 amide bonds. The molecule has 9 rings (SSSR count). The SMILES string of the molecule is Cn1cc2cc(/N=c3\[nH]c(=O)n(Cc4cn(C5CCCC(Nc6cccc7c6CN(C6CCC(=O)NC6=O)C7=O)CC5)nn4)c(=O)n3Cc3cc(F)c(F)cc3F)c(Cl)cc2n1. The number of H-pyrrole nitrogens is 1. The van der Waals surface area contributed by atoms with Crippen LogP contribution in [0.5, 0.6) is 0 Å². The first-order valence-corrected chi connectivity index (χ1v) is 20.4. The molecule has 3 N–H and O–H groups in total. The zero-order valence-corrected chi connectivity index (χ0v) is 33.8. The zero-order valence-electron chi connectivity index (χ0n) is 33.1. The minimum absolute atomic E-state index is 0.0614. The number of imide groups is 1. The molecule has 3 aromatic carbocycles. The maximum Gasteiger partial charge on any atom is 0.335 e. The van der Waals surface area contributed by atoms with Gasteiger partial charge in [0.25, 0.3) is 5.91 Å². The number of piperidine rings is 1. The van der Waals surface area contributed by atoms with Crippen molar-refractivity contribution in [2.24, 2.45) is 12.0 Å². The highest BCUT2D eigenvalue weighted by molar-refractivity contribution is 6.33. The Morgan fingerprint density at radius 1 is 0.919 bits per heavy atom. The monoisotopic (exact) mass is 870 g/mol. The number of carbonyl (C=O) groups excluding carboxylic acids is 3. The van der Waals surface area contributed by atoms with Crippen LogP contribution in [0.1, 0.15) is 78.2 Å². The number of nitrogens with one attached hydrogen (secondary N) is 3. The first-order valence-electron chi connectivity index (χ1n) is 20.0. The van der Waals surface area contributed by atoms with Crippen LogP contribution in [0.2, 0.25) is 5.02 Å². The number of carbonyl (C=O) groups is 3. The summed E-state index contributed by atoms with van der Waals surface area (Å²) in [5.74, 6) is -4.90. The number of aromatic amines is 1. The number of benzene rings is 3. The molecule has 17 nitrogen and oxygen atoms in total. The lowest BCUT2D eigenvalue weighted by Gasteiger charge is -2.29. The van der Waals surface area contributed by atoms with E-state index in [2.05, 4.69) is 36.0 Å². The molecule has 5 heterocycles. The summed E-state index contributed by atoms with van der Waals surface area (Å²) in [5, 5.41) is 19.7. The average molecular weight is 871 g/mol. The Morgan fingerprint density at radius 3 is 2.56 bits per heavy atom. The molecule has 3 aliphatic rings. The van der Waals surface area contributed by atoms with Crippen LogP contribution < -0.4 is 27.6 Å². The van der Waals surface area contributed by atoms with Gasteiger partial charge in [-0.3, -0.25) is 33.9 Å². The predicted molar refractivity (Wildman–Crippen MR) is 217 cm³/mol. The lowest BCUT2D eigenvalue weighted by Crippen LogP contribution is -2.52. The van der Waals surface area contributed by atoms with Crippen molar-refractivity contribution in [3.63, 3.8) is 0 Å². The van der Waals surface area contributed by atoms with Gasteiger partial charge in [0.1, 0.15) is 17.6 Å². The van der Waals surface area contributed by atoms with Gasteiger partial charge in [0.2, 0.25) is 17.4 Å². The minimum Gasteiger partial charge on any atom is -0.382 e. The highest BCUT2D eigenvalue weighted by Crippen LogP contribution is 2.35. The van der Waals surface area contributed by atoms with Gasteiger partial charge in [-0.05, 0) is 68.9 Å². The Morgan fingerprint density at radius 2 is 1.74 bits per heavy atom. The molecule has 0 bridgehead atoms. The van der Waals surface area contributed by atoms with Crippen molar-refractivity contribution in [2.45, 2.75) is 82.7 Å². The third kappa shape index (κ3) is 7.80. The lowest BCUT2D eigenvalue weighted by atomic mass is 10.0. The zero-order chi connectivity index (χ0) is 43.4. The summed E-state index contributed by atoms with van der Waals surface area (Å²) in [7, 11) is 1.72. The Bertz CT molecular complexity index is 3010. The van der Waals surface area contributed by atoms with E-state index in [1.165, 1.54) is 4.90 Å². The van der Waals surface area contributed by atoms with Crippen molar-refractivity contribution in [3.05, 3.63) is 126 Å². The second-order valence-corrected chi connectivity index (χ2v) is 16.2. The number of hydrogen-bond acceptors (Lipinski definition) is 10. The fraction of sp³-hybridized carbons (Fsp3) is 0.341. The number of rotatable bonds is 9. The van der Waals surface area contributed by atoms with E-state index in [-0.39, 0.29) is 77.4 Å². The van der Waals surface area contributed by atoms with Crippen LogP contribution in [0.25, 0.3) is 10.9 Å². The standard InChI is InChI=1S/C41H38ClF3N12O5/c1-53-16-22-13-34(28(42)14-33(22)51-53)47-39-49-40(61)56(41(62)55(39)17-21-12-30(44)31(45)15-29(21)43)18-24-19-57(52-50-24)25-5-2-4-23(8-9-25)46-32-7-3-6-26-27(32)20-54(38(26)60)35-10-11-36(58)48-37(35)59/h3,6-7,12-16,19,23,25,35,46H,2,4-5,8-11,17-18,20H2,1H3,(H,47,49,61)(H,48,58,59). The van der Waals surface area contributed by atoms with E-state index in [9.17, 15) is 37.1 Å². The molecule has 1 aliphatic carbocycles. The molecule has 2 aliphatic heterocycles. The number of fused-ring (bicyclic) bond motifs is 2. The highest BCUT2D eigenvalue weighted by atomic mass is 35.5. The van der Waals surface area contributed by atoms with Gasteiger partial charge in [0.15, 0.2) is 11.6 Å². The van der Waals surface area contributed by atoms with E-state index in [4.69, 9.17) is 11.6 Å². The van der Waals surface area contributed by atoms with E-state index in [0.717, 1.165) is 46.1 Å². The van der Waals surface area contributed by atoms with Crippen molar-refractivity contribution >= 4 is 51.6 Å². The van der Waals surface area contributed by atoms with Crippen LogP contribution in [-0.2, 0) is 36.3 Å². The third-order valence-electron chi connectivity index (χ3n) is 11.6. The van der Waals surface area contributed by atoms with Crippen LogP contribution in [0.4, 0.5) is 24.5 Å². The Balaban J connectivity index is 0.937. The molecule has 3 aromatic heterocycles. The highest BCUT2D eigenvalue weighted by Gasteiger charge is 2.40. The minimum atomic E-state index is -1.41. The number of hydrogen-bond donors (Lipinski definition) is 3. The van der Waals surface area contributed by atoms with Crippen LogP contribution >= 0.6 is 11.6 Å². The molecule has 3 atom stereocenters. The Labute approximate surface area is 353 Å². The number of anilines is 1. The smallest absolute Gasteiger partial charge is 0.335 e. The molecule has 320 valence electrons. The van der Waals surface area contributed by atoms with Crippen molar-refractivity contribution in [3.8, 4) is 0 Å². The molecule has 0 radical (unpaired) electrons. The largest absolute Gasteiger partial charge is 0.382 e. The average Bonchev–Trinajstić information content (AvgIpc) is 3.89. The number of aryl methyl sites for hydroxylation is 1. The Hall–Kier alpha value is -6.83. The molecule has 6 aromatic rings. The van der Waals surface area contributed by atoms with Gasteiger partial charge in [-0.15, -0.1) is 5.10 Å². The third-order valence-corrected chi connectivity index (χ3v) is 11.9. The maximum atomic E-state index is 15.0. The molecular formula is C41H38ClF3N12O5. The maximum absolute atomic E-state index is 15.0. The van der Waals surface area contributed by atoms with Gasteiger partial charge in [0.05, 0.1) is 41.6 Å².